The minimum Gasteiger partial charge on any atom is -0.352 e. The van der Waals surface area contributed by atoms with Crippen LogP contribution < -0.4 is 5.32 Å². The SMILES string of the molecule is Cc1ccc(C(=O)NCC2CCN(C)CC2)cc1. The van der Waals surface area contributed by atoms with Crippen molar-refractivity contribution in [3.05, 3.63) is 35.4 Å². The highest BCUT2D eigenvalue weighted by Crippen LogP contribution is 2.15. The molecule has 0 radical (unpaired) electrons. The van der Waals surface area contributed by atoms with Crippen molar-refractivity contribution >= 4 is 5.91 Å². The summed E-state index contributed by atoms with van der Waals surface area (Å²) in [6, 6.07) is 7.73. The zero-order chi connectivity index (χ0) is 13.0. The minimum absolute atomic E-state index is 0.0499. The van der Waals surface area contributed by atoms with E-state index in [0.717, 1.165) is 25.2 Å². The van der Waals surface area contributed by atoms with E-state index in [4.69, 9.17) is 0 Å². The fraction of sp³-hybridized carbons (Fsp3) is 0.533. The van der Waals surface area contributed by atoms with E-state index in [9.17, 15) is 4.79 Å². The number of nitrogens with one attached hydrogen (secondary N) is 1. The van der Waals surface area contributed by atoms with Crippen LogP contribution in [0.25, 0.3) is 0 Å². The zero-order valence-electron chi connectivity index (χ0n) is 11.3. The van der Waals surface area contributed by atoms with Gasteiger partial charge in [0, 0.05) is 12.1 Å². The molecule has 3 nitrogen and oxygen atoms in total. The molecule has 0 aliphatic carbocycles. The van der Waals surface area contributed by atoms with Gasteiger partial charge in [0.1, 0.15) is 0 Å². The van der Waals surface area contributed by atoms with Gasteiger partial charge in [0.05, 0.1) is 0 Å². The molecule has 1 saturated heterocycles. The summed E-state index contributed by atoms with van der Waals surface area (Å²) >= 11 is 0. The summed E-state index contributed by atoms with van der Waals surface area (Å²) in [5.41, 5.74) is 1.94. The first-order valence-corrected chi connectivity index (χ1v) is 6.68. The number of likely N-dealkylation sites (tertiary alicyclic amines) is 1. The summed E-state index contributed by atoms with van der Waals surface area (Å²) in [6.45, 7) is 5.12. The van der Waals surface area contributed by atoms with Crippen molar-refractivity contribution in [1.82, 2.24) is 10.2 Å². The van der Waals surface area contributed by atoms with E-state index in [1.807, 2.05) is 31.2 Å². The summed E-state index contributed by atoms with van der Waals surface area (Å²) < 4.78 is 0. The highest BCUT2D eigenvalue weighted by Gasteiger charge is 2.17. The summed E-state index contributed by atoms with van der Waals surface area (Å²) in [7, 11) is 2.15. The lowest BCUT2D eigenvalue weighted by Crippen LogP contribution is -2.36. The second kappa shape index (κ2) is 6.01. The average Bonchev–Trinajstić information content (AvgIpc) is 2.38. The molecule has 1 N–H and O–H groups in total. The number of aryl methyl sites for hydroxylation is 1. The molecule has 1 aromatic carbocycles. The van der Waals surface area contributed by atoms with E-state index in [1.54, 1.807) is 0 Å². The number of amides is 1. The predicted molar refractivity (Wildman–Crippen MR) is 73.7 cm³/mol. The van der Waals surface area contributed by atoms with Crippen LogP contribution in [0.1, 0.15) is 28.8 Å². The third-order valence-electron chi connectivity index (χ3n) is 3.70. The Hall–Kier alpha value is -1.35. The Bertz CT molecular complexity index is 391. The van der Waals surface area contributed by atoms with E-state index in [-0.39, 0.29) is 5.91 Å². The molecule has 0 aromatic heterocycles. The Morgan fingerprint density at radius 1 is 1.28 bits per heavy atom. The second-order valence-electron chi connectivity index (χ2n) is 5.32. The maximum Gasteiger partial charge on any atom is 0.251 e. The third kappa shape index (κ3) is 3.57. The molecular formula is C15H22N2O. The van der Waals surface area contributed by atoms with Gasteiger partial charge in [-0.2, -0.15) is 0 Å². The third-order valence-corrected chi connectivity index (χ3v) is 3.70. The van der Waals surface area contributed by atoms with Crippen LogP contribution in [-0.4, -0.2) is 37.5 Å². The maximum atomic E-state index is 11.9. The summed E-state index contributed by atoms with van der Waals surface area (Å²) in [6.07, 6.45) is 2.37. The fourth-order valence-corrected chi connectivity index (χ4v) is 2.31. The topological polar surface area (TPSA) is 32.3 Å². The maximum absolute atomic E-state index is 11.9. The smallest absolute Gasteiger partial charge is 0.251 e. The van der Waals surface area contributed by atoms with Crippen LogP contribution >= 0.6 is 0 Å². The van der Waals surface area contributed by atoms with Crippen molar-refractivity contribution in [2.45, 2.75) is 19.8 Å². The number of benzene rings is 1. The molecule has 1 heterocycles. The molecule has 2 rings (SSSR count). The van der Waals surface area contributed by atoms with Gasteiger partial charge in [0.2, 0.25) is 0 Å². The normalized spacial score (nSPS) is 17.7. The highest BCUT2D eigenvalue weighted by atomic mass is 16.1. The zero-order valence-corrected chi connectivity index (χ0v) is 11.3. The molecule has 98 valence electrons. The number of nitrogens with zero attached hydrogens (tertiary/aromatic N) is 1. The van der Waals surface area contributed by atoms with Crippen molar-refractivity contribution in [2.75, 3.05) is 26.7 Å². The molecule has 18 heavy (non-hydrogen) atoms. The first-order chi connectivity index (χ1) is 8.65. The van der Waals surface area contributed by atoms with E-state index in [1.165, 1.54) is 18.4 Å². The molecule has 0 saturated carbocycles. The Balaban J connectivity index is 1.79. The number of rotatable bonds is 3. The molecule has 1 fully saturated rings. The first kappa shape index (κ1) is 13.1. The monoisotopic (exact) mass is 246 g/mol. The lowest BCUT2D eigenvalue weighted by atomic mass is 9.97. The molecule has 0 atom stereocenters. The van der Waals surface area contributed by atoms with E-state index in [2.05, 4.69) is 17.3 Å². The van der Waals surface area contributed by atoms with Gasteiger partial charge < -0.3 is 10.2 Å². The van der Waals surface area contributed by atoms with Gasteiger partial charge in [-0.15, -0.1) is 0 Å². The largest absolute Gasteiger partial charge is 0.352 e. The second-order valence-corrected chi connectivity index (χ2v) is 5.32. The van der Waals surface area contributed by atoms with Crippen LogP contribution in [-0.2, 0) is 0 Å². The van der Waals surface area contributed by atoms with Crippen molar-refractivity contribution in [3.8, 4) is 0 Å². The van der Waals surface area contributed by atoms with Crippen LogP contribution in [0.5, 0.6) is 0 Å². The molecule has 0 spiro atoms. The van der Waals surface area contributed by atoms with Crippen LogP contribution in [0.2, 0.25) is 0 Å². The van der Waals surface area contributed by atoms with Gasteiger partial charge in [-0.3, -0.25) is 4.79 Å². The van der Waals surface area contributed by atoms with Crippen molar-refractivity contribution in [2.24, 2.45) is 5.92 Å². The van der Waals surface area contributed by atoms with Crippen LogP contribution in [0.4, 0.5) is 0 Å². The minimum atomic E-state index is 0.0499. The summed E-state index contributed by atoms with van der Waals surface area (Å²) in [4.78, 5) is 14.3. The molecule has 1 aliphatic heterocycles. The predicted octanol–water partition coefficient (Wildman–Crippen LogP) is 2.07. The molecule has 1 aromatic rings. The van der Waals surface area contributed by atoms with Gasteiger partial charge in [-0.1, -0.05) is 17.7 Å². The van der Waals surface area contributed by atoms with Gasteiger partial charge in [0.25, 0.3) is 5.91 Å². The van der Waals surface area contributed by atoms with Crippen molar-refractivity contribution in [1.29, 1.82) is 0 Å². The number of piperidine rings is 1. The van der Waals surface area contributed by atoms with Gasteiger partial charge in [-0.05, 0) is 58.0 Å². The number of hydrogen-bond donors (Lipinski definition) is 1. The summed E-state index contributed by atoms with van der Waals surface area (Å²) in [5, 5.41) is 3.05. The van der Waals surface area contributed by atoms with Gasteiger partial charge in [0.15, 0.2) is 0 Å². The molecule has 3 heteroatoms. The standard InChI is InChI=1S/C15H22N2O/c1-12-3-5-14(6-4-12)15(18)16-11-13-7-9-17(2)10-8-13/h3-6,13H,7-11H2,1-2H3,(H,16,18). The van der Waals surface area contributed by atoms with E-state index < -0.39 is 0 Å². The van der Waals surface area contributed by atoms with Gasteiger partial charge >= 0.3 is 0 Å². The molecule has 0 bridgehead atoms. The average molecular weight is 246 g/mol. The lowest BCUT2D eigenvalue weighted by molar-refractivity contribution is 0.0939. The van der Waals surface area contributed by atoms with E-state index in [0.29, 0.717) is 5.92 Å². The lowest BCUT2D eigenvalue weighted by Gasteiger charge is -2.28. The van der Waals surface area contributed by atoms with Gasteiger partial charge in [-0.25, -0.2) is 0 Å². The Morgan fingerprint density at radius 3 is 2.50 bits per heavy atom. The molecule has 0 unspecified atom stereocenters. The Kier molecular flexibility index (Phi) is 4.37. The summed E-state index contributed by atoms with van der Waals surface area (Å²) in [5.74, 6) is 0.685. The Labute approximate surface area is 109 Å². The van der Waals surface area contributed by atoms with Crippen LogP contribution in [0, 0.1) is 12.8 Å². The van der Waals surface area contributed by atoms with E-state index >= 15 is 0 Å². The first-order valence-electron chi connectivity index (χ1n) is 6.68. The molecular weight excluding hydrogens is 224 g/mol. The molecule has 1 amide bonds. The van der Waals surface area contributed by atoms with Crippen LogP contribution in [0.15, 0.2) is 24.3 Å². The number of carbonyl (C=O) groups is 1. The number of hydrogen-bond acceptors (Lipinski definition) is 2. The quantitative estimate of drug-likeness (QED) is 0.885. The Morgan fingerprint density at radius 2 is 1.89 bits per heavy atom. The van der Waals surface area contributed by atoms with Crippen molar-refractivity contribution in [3.63, 3.8) is 0 Å². The highest BCUT2D eigenvalue weighted by molar-refractivity contribution is 5.94. The van der Waals surface area contributed by atoms with Crippen molar-refractivity contribution < 1.29 is 4.79 Å². The number of carbonyl (C=O) groups excluding carboxylic acids is 1. The fourth-order valence-electron chi connectivity index (χ4n) is 2.31. The van der Waals surface area contributed by atoms with Crippen LogP contribution in [0.3, 0.4) is 0 Å². The molecule has 1 aliphatic rings.